The highest BCUT2D eigenvalue weighted by Crippen LogP contribution is 2.34. The van der Waals surface area contributed by atoms with Crippen molar-refractivity contribution in [2.24, 2.45) is 0 Å². The van der Waals surface area contributed by atoms with Gasteiger partial charge in [-0.15, -0.1) is 0 Å². The van der Waals surface area contributed by atoms with Gasteiger partial charge in [-0.25, -0.2) is 9.97 Å². The van der Waals surface area contributed by atoms with Crippen LogP contribution in [0, 0.1) is 6.92 Å². The van der Waals surface area contributed by atoms with Crippen LogP contribution in [0.25, 0.3) is 22.0 Å². The van der Waals surface area contributed by atoms with E-state index in [0.717, 1.165) is 44.9 Å². The monoisotopic (exact) mass is 400 g/mol. The van der Waals surface area contributed by atoms with Gasteiger partial charge in [0.15, 0.2) is 0 Å². The Hall–Kier alpha value is -3.74. The van der Waals surface area contributed by atoms with Gasteiger partial charge in [-0.3, -0.25) is 0 Å². The maximum Gasteiger partial charge on any atom is 0.145 e. The summed E-state index contributed by atoms with van der Waals surface area (Å²) in [6.45, 7) is 2.44. The molecule has 0 saturated heterocycles. The highest BCUT2D eigenvalue weighted by Gasteiger charge is 2.12. The lowest BCUT2D eigenvalue weighted by Crippen LogP contribution is -2.07. The highest BCUT2D eigenvalue weighted by molar-refractivity contribution is 5.96. The van der Waals surface area contributed by atoms with Crippen LogP contribution in [0.15, 0.2) is 54.9 Å². The molecule has 0 saturated carbocycles. The predicted octanol–water partition coefficient (Wildman–Crippen LogP) is 4.08. The second-order valence-electron chi connectivity index (χ2n) is 7.26. The number of benzene rings is 2. The summed E-state index contributed by atoms with van der Waals surface area (Å²) in [5.41, 5.74) is 5.78. The first-order valence-electron chi connectivity index (χ1n) is 9.69. The Morgan fingerprint density at radius 1 is 0.933 bits per heavy atom. The minimum Gasteiger partial charge on any atom is -0.494 e. The Morgan fingerprint density at radius 2 is 1.73 bits per heavy atom. The van der Waals surface area contributed by atoms with Gasteiger partial charge in [-0.05, 0) is 54.4 Å². The van der Waals surface area contributed by atoms with Crippen LogP contribution in [0.2, 0.25) is 0 Å². The lowest BCUT2D eigenvalue weighted by molar-refractivity contribution is 0.419. The molecule has 0 aliphatic heterocycles. The van der Waals surface area contributed by atoms with Crippen LogP contribution in [0.1, 0.15) is 11.4 Å². The number of anilines is 2. The number of methoxy groups -OCH3 is 1. The number of aromatic nitrogens is 4. The van der Waals surface area contributed by atoms with Crippen LogP contribution >= 0.6 is 0 Å². The number of rotatable bonds is 6. The molecule has 4 rings (SSSR count). The standard InChI is InChI=1S/C23H24N6O/c1-15-5-8-18(28-27-15)13-24-23-20-11-17(12-21(30-4)22(20)25-14-26-23)16-6-9-19(10-7-16)29(2)3/h5-12,14H,13H2,1-4H3,(H,24,25,26). The number of fused-ring (bicyclic) bond motifs is 1. The fourth-order valence-corrected chi connectivity index (χ4v) is 3.25. The van der Waals surface area contributed by atoms with E-state index >= 15 is 0 Å². The Kier molecular flexibility index (Phi) is 5.43. The largest absolute Gasteiger partial charge is 0.494 e. The SMILES string of the molecule is COc1cc(-c2ccc(N(C)C)cc2)cc2c(NCc3ccc(C)nn3)ncnc12. The second kappa shape index (κ2) is 8.32. The first-order valence-corrected chi connectivity index (χ1v) is 9.69. The molecule has 0 aliphatic carbocycles. The number of nitrogens with one attached hydrogen (secondary N) is 1. The summed E-state index contributed by atoms with van der Waals surface area (Å²) in [7, 11) is 5.72. The normalized spacial score (nSPS) is 10.8. The summed E-state index contributed by atoms with van der Waals surface area (Å²) in [4.78, 5) is 11.0. The van der Waals surface area contributed by atoms with E-state index in [4.69, 9.17) is 4.74 Å². The van der Waals surface area contributed by atoms with Crippen LogP contribution in [0.4, 0.5) is 11.5 Å². The Balaban J connectivity index is 1.72. The van der Waals surface area contributed by atoms with E-state index in [0.29, 0.717) is 12.3 Å². The second-order valence-corrected chi connectivity index (χ2v) is 7.26. The van der Waals surface area contributed by atoms with E-state index in [1.165, 1.54) is 0 Å². The van der Waals surface area contributed by atoms with E-state index in [1.54, 1.807) is 13.4 Å². The average Bonchev–Trinajstić information content (AvgIpc) is 2.78. The molecule has 7 heteroatoms. The maximum atomic E-state index is 5.63. The fraction of sp³-hybridized carbons (Fsp3) is 0.217. The van der Waals surface area contributed by atoms with E-state index in [2.05, 4.69) is 60.7 Å². The molecule has 7 nitrogen and oxygen atoms in total. The van der Waals surface area contributed by atoms with Gasteiger partial charge in [0.05, 0.1) is 25.0 Å². The fourth-order valence-electron chi connectivity index (χ4n) is 3.25. The van der Waals surface area contributed by atoms with Crippen molar-refractivity contribution in [2.45, 2.75) is 13.5 Å². The molecule has 0 unspecified atom stereocenters. The van der Waals surface area contributed by atoms with Gasteiger partial charge in [0, 0.05) is 25.2 Å². The van der Waals surface area contributed by atoms with Crippen molar-refractivity contribution in [2.75, 3.05) is 31.4 Å². The number of ether oxygens (including phenoxy) is 1. The maximum absolute atomic E-state index is 5.63. The van der Waals surface area contributed by atoms with E-state index < -0.39 is 0 Å². The molecule has 0 bridgehead atoms. The van der Waals surface area contributed by atoms with Crippen molar-refractivity contribution in [3.05, 3.63) is 66.2 Å². The van der Waals surface area contributed by atoms with Crippen LogP contribution in [0.3, 0.4) is 0 Å². The molecule has 2 aromatic heterocycles. The zero-order valence-corrected chi connectivity index (χ0v) is 17.5. The minimum absolute atomic E-state index is 0.517. The third-order valence-corrected chi connectivity index (χ3v) is 4.93. The quantitative estimate of drug-likeness (QED) is 0.522. The highest BCUT2D eigenvalue weighted by atomic mass is 16.5. The Labute approximate surface area is 175 Å². The van der Waals surface area contributed by atoms with Crippen molar-refractivity contribution in [3.8, 4) is 16.9 Å². The molecule has 2 aromatic carbocycles. The van der Waals surface area contributed by atoms with Gasteiger partial charge in [0.25, 0.3) is 0 Å². The van der Waals surface area contributed by atoms with Gasteiger partial charge in [0.1, 0.15) is 23.4 Å². The average molecular weight is 400 g/mol. The summed E-state index contributed by atoms with van der Waals surface area (Å²) < 4.78 is 5.63. The Bertz CT molecular complexity index is 1160. The molecule has 2 heterocycles. The van der Waals surface area contributed by atoms with Crippen molar-refractivity contribution in [3.63, 3.8) is 0 Å². The van der Waals surface area contributed by atoms with Gasteiger partial charge >= 0.3 is 0 Å². The van der Waals surface area contributed by atoms with Crippen molar-refractivity contribution in [1.29, 1.82) is 0 Å². The molecule has 30 heavy (non-hydrogen) atoms. The molecule has 0 aliphatic rings. The molecule has 1 N–H and O–H groups in total. The lowest BCUT2D eigenvalue weighted by Gasteiger charge is -2.14. The van der Waals surface area contributed by atoms with Crippen LogP contribution in [-0.4, -0.2) is 41.4 Å². The van der Waals surface area contributed by atoms with E-state index in [9.17, 15) is 0 Å². The van der Waals surface area contributed by atoms with Crippen LogP contribution < -0.4 is 15.0 Å². The van der Waals surface area contributed by atoms with Gasteiger partial charge in [-0.2, -0.15) is 10.2 Å². The molecule has 0 spiro atoms. The van der Waals surface area contributed by atoms with Crippen molar-refractivity contribution in [1.82, 2.24) is 20.2 Å². The number of nitrogens with zero attached hydrogens (tertiary/aromatic N) is 5. The third-order valence-electron chi connectivity index (χ3n) is 4.93. The first-order chi connectivity index (χ1) is 14.5. The van der Waals surface area contributed by atoms with Crippen LogP contribution in [-0.2, 0) is 6.54 Å². The van der Waals surface area contributed by atoms with E-state index in [1.807, 2.05) is 39.2 Å². The molecule has 0 radical (unpaired) electrons. The smallest absolute Gasteiger partial charge is 0.145 e. The van der Waals surface area contributed by atoms with Crippen molar-refractivity contribution >= 4 is 22.4 Å². The molecular weight excluding hydrogens is 376 g/mol. The minimum atomic E-state index is 0.517. The molecule has 0 fully saturated rings. The zero-order chi connectivity index (χ0) is 21.1. The summed E-state index contributed by atoms with van der Waals surface area (Å²) in [6, 6.07) is 16.4. The molecular formula is C23H24N6O. The van der Waals surface area contributed by atoms with Crippen LogP contribution in [0.5, 0.6) is 5.75 Å². The third kappa shape index (κ3) is 4.00. The molecule has 0 atom stereocenters. The Morgan fingerprint density at radius 3 is 2.40 bits per heavy atom. The van der Waals surface area contributed by atoms with E-state index in [-0.39, 0.29) is 0 Å². The number of hydrogen-bond acceptors (Lipinski definition) is 7. The predicted molar refractivity (Wildman–Crippen MR) is 120 cm³/mol. The molecule has 0 amide bonds. The van der Waals surface area contributed by atoms with Crippen molar-refractivity contribution < 1.29 is 4.74 Å². The topological polar surface area (TPSA) is 76.1 Å². The van der Waals surface area contributed by atoms with Gasteiger partial charge < -0.3 is 15.0 Å². The lowest BCUT2D eigenvalue weighted by atomic mass is 10.0. The summed E-state index contributed by atoms with van der Waals surface area (Å²) in [5, 5.41) is 12.6. The van der Waals surface area contributed by atoms with Gasteiger partial charge in [-0.1, -0.05) is 12.1 Å². The first kappa shape index (κ1) is 19.6. The summed E-state index contributed by atoms with van der Waals surface area (Å²) in [6.07, 6.45) is 1.54. The number of aryl methyl sites for hydroxylation is 1. The summed E-state index contributed by atoms with van der Waals surface area (Å²) in [5.74, 6) is 1.44. The van der Waals surface area contributed by atoms with Gasteiger partial charge in [0.2, 0.25) is 0 Å². The summed E-state index contributed by atoms with van der Waals surface area (Å²) >= 11 is 0. The molecule has 4 aromatic rings. The zero-order valence-electron chi connectivity index (χ0n) is 17.5. The molecule has 152 valence electrons. The number of hydrogen-bond donors (Lipinski definition) is 1.